The second kappa shape index (κ2) is 6.23. The Balaban J connectivity index is 1.71. The summed E-state index contributed by atoms with van der Waals surface area (Å²) in [6, 6.07) is 6.94. The molecule has 2 fully saturated rings. The highest BCUT2D eigenvalue weighted by molar-refractivity contribution is 5.06. The first-order valence-corrected chi connectivity index (χ1v) is 8.20. The summed E-state index contributed by atoms with van der Waals surface area (Å²) in [5.41, 5.74) is 1.61. The van der Waals surface area contributed by atoms with E-state index in [1.165, 1.54) is 50.8 Å². The van der Waals surface area contributed by atoms with Crippen LogP contribution in [0, 0.1) is 0 Å². The zero-order valence-corrected chi connectivity index (χ0v) is 12.6. The van der Waals surface area contributed by atoms with Gasteiger partial charge >= 0.3 is 0 Å². The van der Waals surface area contributed by atoms with E-state index >= 15 is 0 Å². The first kappa shape index (κ1) is 14.0. The number of nitrogens with one attached hydrogen (secondary N) is 1. The van der Waals surface area contributed by atoms with Crippen molar-refractivity contribution in [2.75, 3.05) is 13.1 Å². The average molecular weight is 273 g/mol. The molecule has 1 saturated heterocycles. The lowest BCUT2D eigenvalue weighted by molar-refractivity contribution is 0.0679. The molecule has 0 radical (unpaired) electrons. The molecule has 0 aromatic carbocycles. The lowest BCUT2D eigenvalue weighted by Gasteiger charge is -2.46. The second-order valence-electron chi connectivity index (χ2n) is 6.54. The molecule has 1 aliphatic carbocycles. The molecule has 3 rings (SSSR count). The monoisotopic (exact) mass is 273 g/mol. The van der Waals surface area contributed by atoms with Crippen LogP contribution in [0.2, 0.25) is 0 Å². The smallest absolute Gasteiger partial charge is 0.0544 e. The Morgan fingerprint density at radius 2 is 2.20 bits per heavy atom. The van der Waals surface area contributed by atoms with Gasteiger partial charge in [0.05, 0.1) is 5.69 Å². The highest BCUT2D eigenvalue weighted by Gasteiger charge is 2.40. The zero-order chi connectivity index (χ0) is 13.8. The molecule has 20 heavy (non-hydrogen) atoms. The zero-order valence-electron chi connectivity index (χ0n) is 12.6. The molecule has 110 valence electrons. The van der Waals surface area contributed by atoms with Gasteiger partial charge in [0.2, 0.25) is 0 Å². The molecular weight excluding hydrogens is 246 g/mol. The molecule has 1 saturated carbocycles. The van der Waals surface area contributed by atoms with Gasteiger partial charge in [0.1, 0.15) is 0 Å². The van der Waals surface area contributed by atoms with Crippen LogP contribution in [0.3, 0.4) is 0 Å². The van der Waals surface area contributed by atoms with Crippen molar-refractivity contribution in [1.82, 2.24) is 15.2 Å². The third-order valence-electron chi connectivity index (χ3n) is 5.01. The first-order valence-electron chi connectivity index (χ1n) is 8.20. The van der Waals surface area contributed by atoms with Crippen LogP contribution in [0.25, 0.3) is 0 Å². The predicted molar refractivity (Wildman–Crippen MR) is 82.5 cm³/mol. The lowest BCUT2D eigenvalue weighted by Crippen LogP contribution is -2.62. The number of hydrogen-bond acceptors (Lipinski definition) is 3. The molecule has 2 aliphatic rings. The third kappa shape index (κ3) is 3.04. The van der Waals surface area contributed by atoms with Gasteiger partial charge in [-0.3, -0.25) is 9.88 Å². The van der Waals surface area contributed by atoms with Crippen LogP contribution >= 0.6 is 0 Å². The maximum atomic E-state index is 4.52. The molecule has 1 aliphatic heterocycles. The largest absolute Gasteiger partial charge is 0.308 e. The SMILES string of the molecule is CCCC1CNC2(CCCC2)CN1Cc1ccccn1. The fraction of sp³-hybridized carbons (Fsp3) is 0.706. The van der Waals surface area contributed by atoms with E-state index in [0.717, 1.165) is 13.1 Å². The van der Waals surface area contributed by atoms with Crippen LogP contribution in [0.4, 0.5) is 0 Å². The van der Waals surface area contributed by atoms with Gasteiger partial charge in [-0.15, -0.1) is 0 Å². The summed E-state index contributed by atoms with van der Waals surface area (Å²) in [4.78, 5) is 7.21. The molecule has 0 amide bonds. The molecular formula is C17H27N3. The van der Waals surface area contributed by atoms with E-state index in [4.69, 9.17) is 0 Å². The summed E-state index contributed by atoms with van der Waals surface area (Å²) in [5.74, 6) is 0. The Labute approximate surface area is 122 Å². The van der Waals surface area contributed by atoms with E-state index in [0.29, 0.717) is 11.6 Å². The highest BCUT2D eigenvalue weighted by atomic mass is 15.3. The van der Waals surface area contributed by atoms with Crippen LogP contribution < -0.4 is 5.32 Å². The molecule has 0 bridgehead atoms. The Hall–Kier alpha value is -0.930. The van der Waals surface area contributed by atoms with Crippen molar-refractivity contribution < 1.29 is 0 Å². The summed E-state index contributed by atoms with van der Waals surface area (Å²) in [6.07, 6.45) is 9.95. The molecule has 1 aromatic heterocycles. The fourth-order valence-electron chi connectivity index (χ4n) is 3.93. The molecule has 2 heterocycles. The summed E-state index contributed by atoms with van der Waals surface area (Å²) in [6.45, 7) is 5.66. The number of pyridine rings is 1. The maximum Gasteiger partial charge on any atom is 0.0544 e. The molecule has 1 aromatic rings. The summed E-state index contributed by atoms with van der Waals surface area (Å²) < 4.78 is 0. The molecule has 1 N–H and O–H groups in total. The minimum atomic E-state index is 0.402. The number of nitrogens with zero attached hydrogens (tertiary/aromatic N) is 2. The van der Waals surface area contributed by atoms with Crippen LogP contribution in [0.5, 0.6) is 0 Å². The quantitative estimate of drug-likeness (QED) is 0.914. The molecule has 1 spiro atoms. The number of piperazine rings is 1. The van der Waals surface area contributed by atoms with E-state index in [-0.39, 0.29) is 0 Å². The summed E-state index contributed by atoms with van der Waals surface area (Å²) in [5, 5.41) is 3.88. The topological polar surface area (TPSA) is 28.2 Å². The Morgan fingerprint density at radius 1 is 1.35 bits per heavy atom. The van der Waals surface area contributed by atoms with Crippen molar-refractivity contribution in [3.8, 4) is 0 Å². The Morgan fingerprint density at radius 3 is 2.90 bits per heavy atom. The lowest BCUT2D eigenvalue weighted by atomic mass is 9.91. The minimum absolute atomic E-state index is 0.402. The molecule has 1 atom stereocenters. The van der Waals surface area contributed by atoms with E-state index < -0.39 is 0 Å². The third-order valence-corrected chi connectivity index (χ3v) is 5.01. The van der Waals surface area contributed by atoms with E-state index in [9.17, 15) is 0 Å². The van der Waals surface area contributed by atoms with Gasteiger partial charge in [-0.2, -0.15) is 0 Å². The average Bonchev–Trinajstić information content (AvgIpc) is 2.92. The van der Waals surface area contributed by atoms with Gasteiger partial charge < -0.3 is 5.32 Å². The maximum absolute atomic E-state index is 4.52. The Bertz CT molecular complexity index is 412. The fourth-order valence-corrected chi connectivity index (χ4v) is 3.93. The highest BCUT2D eigenvalue weighted by Crippen LogP contribution is 2.34. The van der Waals surface area contributed by atoms with Crippen LogP contribution in [-0.4, -0.2) is 34.6 Å². The van der Waals surface area contributed by atoms with E-state index in [2.05, 4.69) is 34.3 Å². The standard InChI is InChI=1S/C17H27N3/c1-2-7-16-12-19-17(9-4-5-10-17)14-20(16)13-15-8-3-6-11-18-15/h3,6,8,11,16,19H,2,4-5,7,9-10,12-14H2,1H3. The summed E-state index contributed by atoms with van der Waals surface area (Å²) in [7, 11) is 0. The Kier molecular flexibility index (Phi) is 4.37. The van der Waals surface area contributed by atoms with Crippen molar-refractivity contribution in [3.05, 3.63) is 30.1 Å². The number of hydrogen-bond donors (Lipinski definition) is 1. The van der Waals surface area contributed by atoms with Crippen molar-refractivity contribution in [1.29, 1.82) is 0 Å². The van der Waals surface area contributed by atoms with Crippen LogP contribution in [0.1, 0.15) is 51.1 Å². The predicted octanol–water partition coefficient (Wildman–Crippen LogP) is 2.97. The van der Waals surface area contributed by atoms with Gasteiger partial charge in [-0.1, -0.05) is 32.3 Å². The van der Waals surface area contributed by atoms with Crippen LogP contribution in [0.15, 0.2) is 24.4 Å². The van der Waals surface area contributed by atoms with Crippen molar-refractivity contribution in [2.24, 2.45) is 0 Å². The van der Waals surface area contributed by atoms with E-state index in [1.54, 1.807) is 0 Å². The van der Waals surface area contributed by atoms with Gasteiger partial charge in [-0.05, 0) is 31.4 Å². The molecule has 3 heteroatoms. The van der Waals surface area contributed by atoms with Crippen LogP contribution in [-0.2, 0) is 6.54 Å². The van der Waals surface area contributed by atoms with Crippen molar-refractivity contribution >= 4 is 0 Å². The van der Waals surface area contributed by atoms with Gasteiger partial charge in [0.15, 0.2) is 0 Å². The molecule has 3 nitrogen and oxygen atoms in total. The summed E-state index contributed by atoms with van der Waals surface area (Å²) >= 11 is 0. The second-order valence-corrected chi connectivity index (χ2v) is 6.54. The van der Waals surface area contributed by atoms with Gasteiger partial charge in [0, 0.05) is 37.4 Å². The minimum Gasteiger partial charge on any atom is -0.308 e. The molecule has 1 unspecified atom stereocenters. The number of rotatable bonds is 4. The van der Waals surface area contributed by atoms with Gasteiger partial charge in [0.25, 0.3) is 0 Å². The number of aromatic nitrogens is 1. The van der Waals surface area contributed by atoms with Crippen molar-refractivity contribution in [3.63, 3.8) is 0 Å². The first-order chi connectivity index (χ1) is 9.81. The van der Waals surface area contributed by atoms with Crippen molar-refractivity contribution in [2.45, 2.75) is 63.6 Å². The van der Waals surface area contributed by atoms with E-state index in [1.807, 2.05) is 12.3 Å². The normalized spacial score (nSPS) is 26.1. The van der Waals surface area contributed by atoms with Gasteiger partial charge in [-0.25, -0.2) is 0 Å².